The molecular weight excluding hydrogens is 272 g/mol. The molecule has 0 radical (unpaired) electrons. The van der Waals surface area contributed by atoms with Gasteiger partial charge in [0.1, 0.15) is 6.17 Å². The Labute approximate surface area is 124 Å². The first kappa shape index (κ1) is 14.0. The van der Waals surface area contributed by atoms with Crippen LogP contribution in [-0.4, -0.2) is 36.6 Å². The van der Waals surface area contributed by atoms with Crippen molar-refractivity contribution in [3.8, 4) is 0 Å². The Kier molecular flexibility index (Phi) is 4.70. The number of thiophene rings is 1. The van der Waals surface area contributed by atoms with E-state index in [1.54, 1.807) is 11.3 Å². The molecule has 1 aliphatic heterocycles. The molecule has 2 fully saturated rings. The molecule has 2 heterocycles. The summed E-state index contributed by atoms with van der Waals surface area (Å²) in [5.74, 6) is 0.174. The second-order valence-corrected chi connectivity index (χ2v) is 6.34. The average molecular weight is 294 g/mol. The van der Waals surface area contributed by atoms with Gasteiger partial charge in [0, 0.05) is 6.54 Å². The highest BCUT2D eigenvalue weighted by Gasteiger charge is 2.31. The third-order valence-corrected chi connectivity index (χ3v) is 4.88. The number of carbonyl (C=O) groups is 1. The lowest BCUT2D eigenvalue weighted by Crippen LogP contribution is -2.34. The number of amides is 1. The second-order valence-electron chi connectivity index (χ2n) is 5.56. The molecule has 0 bridgehead atoms. The molecule has 110 valence electrons. The van der Waals surface area contributed by atoms with E-state index in [1.165, 1.54) is 37.7 Å². The molecule has 0 spiro atoms. The largest absolute Gasteiger partial charge is 0.376 e. The molecule has 1 unspecified atom stereocenters. The third kappa shape index (κ3) is 3.22. The van der Waals surface area contributed by atoms with Crippen molar-refractivity contribution in [2.24, 2.45) is 0 Å². The van der Waals surface area contributed by atoms with Gasteiger partial charge in [-0.2, -0.15) is 11.3 Å². The molecule has 1 amide bonds. The molecule has 4 nitrogen and oxygen atoms in total. The molecule has 5 heteroatoms. The minimum atomic E-state index is 0.0312. The van der Waals surface area contributed by atoms with Gasteiger partial charge in [-0.05, 0) is 35.2 Å². The van der Waals surface area contributed by atoms with Gasteiger partial charge in [-0.1, -0.05) is 19.3 Å². The predicted octanol–water partition coefficient (Wildman–Crippen LogP) is 2.53. The lowest BCUT2D eigenvalue weighted by atomic mass is 9.98. The minimum absolute atomic E-state index is 0.0312. The van der Waals surface area contributed by atoms with Crippen LogP contribution in [0.15, 0.2) is 16.8 Å². The molecule has 20 heavy (non-hydrogen) atoms. The van der Waals surface area contributed by atoms with Crippen molar-refractivity contribution in [2.45, 2.75) is 44.4 Å². The highest BCUT2D eigenvalue weighted by molar-refractivity contribution is 7.07. The summed E-state index contributed by atoms with van der Waals surface area (Å²) in [6.45, 7) is 1.77. The zero-order valence-electron chi connectivity index (χ0n) is 11.7. The Bertz CT molecular complexity index is 429. The quantitative estimate of drug-likeness (QED) is 0.907. The van der Waals surface area contributed by atoms with Crippen LogP contribution in [0.5, 0.6) is 0 Å². The van der Waals surface area contributed by atoms with Crippen molar-refractivity contribution in [3.05, 3.63) is 22.4 Å². The topological polar surface area (TPSA) is 41.6 Å². The number of hydrogen-bond acceptors (Lipinski definition) is 4. The van der Waals surface area contributed by atoms with Crippen LogP contribution in [0.25, 0.3) is 0 Å². The van der Waals surface area contributed by atoms with Crippen molar-refractivity contribution in [1.29, 1.82) is 0 Å². The summed E-state index contributed by atoms with van der Waals surface area (Å²) >= 11 is 1.67. The van der Waals surface area contributed by atoms with Crippen LogP contribution in [0, 0.1) is 0 Å². The molecule has 1 aliphatic carbocycles. The Morgan fingerprint density at radius 3 is 2.95 bits per heavy atom. The lowest BCUT2D eigenvalue weighted by Gasteiger charge is -2.26. The fourth-order valence-electron chi connectivity index (χ4n) is 3.07. The molecule has 1 aromatic heterocycles. The Balaban J connectivity index is 1.50. The second kappa shape index (κ2) is 6.70. The van der Waals surface area contributed by atoms with Crippen LogP contribution in [-0.2, 0) is 9.53 Å². The number of hydrogen-bond donors (Lipinski definition) is 1. The third-order valence-electron chi connectivity index (χ3n) is 4.18. The van der Waals surface area contributed by atoms with E-state index >= 15 is 0 Å². The number of carbonyl (C=O) groups excluding carboxylic acids is 1. The van der Waals surface area contributed by atoms with E-state index in [0.29, 0.717) is 25.8 Å². The Morgan fingerprint density at radius 2 is 2.20 bits per heavy atom. The van der Waals surface area contributed by atoms with Gasteiger partial charge in [-0.25, -0.2) is 0 Å². The van der Waals surface area contributed by atoms with E-state index in [-0.39, 0.29) is 12.1 Å². The van der Waals surface area contributed by atoms with Crippen molar-refractivity contribution in [2.75, 3.05) is 19.7 Å². The maximum atomic E-state index is 12.0. The lowest BCUT2D eigenvalue weighted by molar-refractivity contribution is -0.129. The van der Waals surface area contributed by atoms with E-state index in [9.17, 15) is 4.79 Å². The molecule has 1 saturated carbocycles. The summed E-state index contributed by atoms with van der Waals surface area (Å²) in [5.41, 5.74) is 1.18. The first-order valence-corrected chi connectivity index (χ1v) is 8.45. The van der Waals surface area contributed by atoms with Crippen molar-refractivity contribution < 1.29 is 9.53 Å². The van der Waals surface area contributed by atoms with Crippen molar-refractivity contribution in [3.63, 3.8) is 0 Å². The molecular formula is C15H22N2O2S. The first-order chi connectivity index (χ1) is 9.84. The van der Waals surface area contributed by atoms with Crippen LogP contribution in [0.1, 0.15) is 43.8 Å². The van der Waals surface area contributed by atoms with Gasteiger partial charge in [0.05, 0.1) is 19.3 Å². The van der Waals surface area contributed by atoms with E-state index in [1.807, 2.05) is 4.90 Å². The van der Waals surface area contributed by atoms with Gasteiger partial charge in [0.15, 0.2) is 0 Å². The van der Waals surface area contributed by atoms with Crippen LogP contribution in [0.4, 0.5) is 0 Å². The number of rotatable bonds is 5. The van der Waals surface area contributed by atoms with E-state index in [0.717, 1.165) is 0 Å². The van der Waals surface area contributed by atoms with E-state index in [4.69, 9.17) is 4.74 Å². The van der Waals surface area contributed by atoms with Crippen molar-refractivity contribution in [1.82, 2.24) is 10.2 Å². The van der Waals surface area contributed by atoms with Crippen LogP contribution in [0.2, 0.25) is 0 Å². The number of ether oxygens (including phenoxy) is 1. The fourth-order valence-corrected chi connectivity index (χ4v) is 3.75. The van der Waals surface area contributed by atoms with Crippen LogP contribution < -0.4 is 5.32 Å². The van der Waals surface area contributed by atoms with Gasteiger partial charge in [0.25, 0.3) is 0 Å². The van der Waals surface area contributed by atoms with Crippen LogP contribution >= 0.6 is 11.3 Å². The predicted molar refractivity (Wildman–Crippen MR) is 79.6 cm³/mol. The standard InChI is InChI=1S/C15H22N2O2S/c18-14-10-16-15(12-6-9-20-11-12)17(14)7-8-19-13-4-2-1-3-5-13/h6,9,11,13,15-16H,1-5,7-8,10H2. The molecule has 1 aromatic rings. The molecule has 1 N–H and O–H groups in total. The average Bonchev–Trinajstić information content (AvgIpc) is 3.11. The summed E-state index contributed by atoms with van der Waals surface area (Å²) in [5, 5.41) is 7.43. The van der Waals surface area contributed by atoms with E-state index < -0.39 is 0 Å². The summed E-state index contributed by atoms with van der Waals surface area (Å²) in [6.07, 6.45) is 6.71. The van der Waals surface area contributed by atoms with Gasteiger partial charge in [-0.15, -0.1) is 0 Å². The summed E-state index contributed by atoms with van der Waals surface area (Å²) in [6, 6.07) is 2.08. The van der Waals surface area contributed by atoms with E-state index in [2.05, 4.69) is 22.1 Å². The SMILES string of the molecule is O=C1CNC(c2ccsc2)N1CCOC1CCCCC1. The summed E-state index contributed by atoms with van der Waals surface area (Å²) in [4.78, 5) is 13.9. The molecule has 1 saturated heterocycles. The molecule has 1 atom stereocenters. The van der Waals surface area contributed by atoms with Gasteiger partial charge in [0.2, 0.25) is 5.91 Å². The normalized spacial score (nSPS) is 24.5. The zero-order chi connectivity index (χ0) is 13.8. The maximum Gasteiger partial charge on any atom is 0.238 e. The zero-order valence-corrected chi connectivity index (χ0v) is 12.5. The van der Waals surface area contributed by atoms with Crippen LogP contribution in [0.3, 0.4) is 0 Å². The first-order valence-electron chi connectivity index (χ1n) is 7.51. The van der Waals surface area contributed by atoms with Gasteiger partial charge in [-0.3, -0.25) is 10.1 Å². The minimum Gasteiger partial charge on any atom is -0.376 e. The highest BCUT2D eigenvalue weighted by Crippen LogP contribution is 2.24. The monoisotopic (exact) mass is 294 g/mol. The molecule has 3 rings (SSSR count). The highest BCUT2D eigenvalue weighted by atomic mass is 32.1. The van der Waals surface area contributed by atoms with Crippen molar-refractivity contribution >= 4 is 17.2 Å². The maximum absolute atomic E-state index is 12.0. The smallest absolute Gasteiger partial charge is 0.238 e. The Hall–Kier alpha value is -0.910. The molecule has 2 aliphatic rings. The van der Waals surface area contributed by atoms with Gasteiger partial charge >= 0.3 is 0 Å². The summed E-state index contributed by atoms with van der Waals surface area (Å²) in [7, 11) is 0. The summed E-state index contributed by atoms with van der Waals surface area (Å²) < 4.78 is 5.94. The Morgan fingerprint density at radius 1 is 1.35 bits per heavy atom. The molecule has 0 aromatic carbocycles. The number of nitrogens with one attached hydrogen (secondary N) is 1. The fraction of sp³-hybridized carbons (Fsp3) is 0.667. The van der Waals surface area contributed by atoms with Gasteiger partial charge < -0.3 is 9.64 Å². The number of nitrogens with zero attached hydrogens (tertiary/aromatic N) is 1.